The summed E-state index contributed by atoms with van der Waals surface area (Å²) in [6.07, 6.45) is 0.862. The third-order valence-corrected chi connectivity index (χ3v) is 4.05. The van der Waals surface area contributed by atoms with E-state index in [2.05, 4.69) is 10.4 Å². The second kappa shape index (κ2) is 6.49. The molecule has 136 valence electrons. The third kappa shape index (κ3) is 3.52. The minimum absolute atomic E-state index is 0.0587. The molecule has 0 radical (unpaired) electrons. The minimum Gasteiger partial charge on any atom is -0.493 e. The summed E-state index contributed by atoms with van der Waals surface area (Å²) < 4.78 is 2.88. The lowest BCUT2D eigenvalue weighted by Crippen LogP contribution is -2.36. The quantitative estimate of drug-likeness (QED) is 0.455. The normalized spacial score (nSPS) is 15.7. The SMILES string of the molecule is CC(C)Cn1c(=N)c(C(=O)NC2CC2)c(O)n2nc(CC(N)O)cc12. The molecule has 6 N–H and O–H groups in total. The smallest absolute Gasteiger partial charge is 0.260 e. The molecule has 0 saturated heterocycles. The number of hydrogen-bond acceptors (Lipinski definition) is 6. The van der Waals surface area contributed by atoms with Gasteiger partial charge in [-0.25, -0.2) is 0 Å². The highest BCUT2D eigenvalue weighted by atomic mass is 16.3. The zero-order valence-corrected chi connectivity index (χ0v) is 14.4. The van der Waals surface area contributed by atoms with Crippen LogP contribution in [-0.4, -0.2) is 42.6 Å². The first kappa shape index (κ1) is 17.4. The minimum atomic E-state index is -1.07. The van der Waals surface area contributed by atoms with Crippen LogP contribution >= 0.6 is 0 Å². The number of aliphatic hydroxyl groups is 1. The highest BCUT2D eigenvalue weighted by molar-refractivity contribution is 5.96. The molecule has 1 unspecified atom stereocenters. The van der Waals surface area contributed by atoms with Crippen molar-refractivity contribution in [2.45, 2.75) is 51.9 Å². The highest BCUT2D eigenvalue weighted by Crippen LogP contribution is 2.22. The van der Waals surface area contributed by atoms with Crippen molar-refractivity contribution in [1.29, 1.82) is 5.41 Å². The van der Waals surface area contributed by atoms with Crippen molar-refractivity contribution in [3.63, 3.8) is 0 Å². The Hall–Kier alpha value is -2.39. The van der Waals surface area contributed by atoms with E-state index >= 15 is 0 Å². The van der Waals surface area contributed by atoms with Crippen LogP contribution in [0.15, 0.2) is 6.07 Å². The molecule has 1 atom stereocenters. The number of nitrogens with zero attached hydrogens (tertiary/aromatic N) is 3. The molecule has 2 aromatic rings. The molecule has 9 nitrogen and oxygen atoms in total. The number of aliphatic hydroxyl groups excluding tert-OH is 1. The fourth-order valence-electron chi connectivity index (χ4n) is 2.79. The maximum atomic E-state index is 12.5. The Morgan fingerprint density at radius 3 is 2.76 bits per heavy atom. The van der Waals surface area contributed by atoms with Gasteiger partial charge in [0.05, 0.1) is 5.69 Å². The van der Waals surface area contributed by atoms with Crippen molar-refractivity contribution in [3.05, 3.63) is 22.8 Å². The summed E-state index contributed by atoms with van der Waals surface area (Å²) in [6, 6.07) is 1.78. The van der Waals surface area contributed by atoms with Gasteiger partial charge in [0.1, 0.15) is 22.9 Å². The van der Waals surface area contributed by atoms with Crippen LogP contribution in [0.2, 0.25) is 0 Å². The Kier molecular flexibility index (Phi) is 4.53. The lowest BCUT2D eigenvalue weighted by atomic mass is 10.2. The first-order valence-corrected chi connectivity index (χ1v) is 8.41. The molecule has 1 saturated carbocycles. The summed E-state index contributed by atoms with van der Waals surface area (Å²) >= 11 is 0. The van der Waals surface area contributed by atoms with Gasteiger partial charge in [-0.2, -0.15) is 9.61 Å². The van der Waals surface area contributed by atoms with Crippen LogP contribution in [0, 0.1) is 11.3 Å². The fourth-order valence-corrected chi connectivity index (χ4v) is 2.79. The monoisotopic (exact) mass is 348 g/mol. The van der Waals surface area contributed by atoms with Gasteiger partial charge >= 0.3 is 0 Å². The van der Waals surface area contributed by atoms with Crippen LogP contribution in [0.3, 0.4) is 0 Å². The van der Waals surface area contributed by atoms with Crippen LogP contribution in [0.25, 0.3) is 5.65 Å². The summed E-state index contributed by atoms with van der Waals surface area (Å²) in [6.45, 7) is 4.49. The molecule has 0 spiro atoms. The highest BCUT2D eigenvalue weighted by Gasteiger charge is 2.28. The molecule has 25 heavy (non-hydrogen) atoms. The summed E-state index contributed by atoms with van der Waals surface area (Å²) in [7, 11) is 0. The van der Waals surface area contributed by atoms with E-state index in [1.165, 1.54) is 4.52 Å². The molecule has 1 aliphatic carbocycles. The molecule has 0 aromatic carbocycles. The summed E-state index contributed by atoms with van der Waals surface area (Å²) in [4.78, 5) is 12.5. The van der Waals surface area contributed by atoms with Gasteiger partial charge in [0, 0.05) is 25.1 Å². The average Bonchev–Trinajstić information content (AvgIpc) is 3.20. The Morgan fingerprint density at radius 2 is 2.20 bits per heavy atom. The number of nitrogens with one attached hydrogen (secondary N) is 2. The molecular weight excluding hydrogens is 324 g/mol. The molecular formula is C16H24N6O3. The van der Waals surface area contributed by atoms with Gasteiger partial charge in [-0.3, -0.25) is 10.2 Å². The van der Waals surface area contributed by atoms with Crippen molar-refractivity contribution >= 4 is 11.6 Å². The van der Waals surface area contributed by atoms with Gasteiger partial charge in [-0.15, -0.1) is 0 Å². The molecule has 0 bridgehead atoms. The molecule has 9 heteroatoms. The van der Waals surface area contributed by atoms with Crippen molar-refractivity contribution < 1.29 is 15.0 Å². The van der Waals surface area contributed by atoms with Crippen molar-refractivity contribution in [2.24, 2.45) is 11.7 Å². The number of carbonyl (C=O) groups excluding carboxylic acids is 1. The number of fused-ring (bicyclic) bond motifs is 1. The second-order valence-corrected chi connectivity index (χ2v) is 6.98. The van der Waals surface area contributed by atoms with Crippen LogP contribution in [0.4, 0.5) is 0 Å². The van der Waals surface area contributed by atoms with E-state index < -0.39 is 12.1 Å². The topological polar surface area (TPSA) is 142 Å². The number of hydrogen-bond donors (Lipinski definition) is 5. The molecule has 2 aromatic heterocycles. The predicted octanol–water partition coefficient (Wildman–Crippen LogP) is -0.311. The molecule has 1 fully saturated rings. The van der Waals surface area contributed by atoms with Gasteiger partial charge in [0.25, 0.3) is 5.91 Å². The Morgan fingerprint density at radius 1 is 1.52 bits per heavy atom. The van der Waals surface area contributed by atoms with Crippen LogP contribution in [0.1, 0.15) is 42.7 Å². The van der Waals surface area contributed by atoms with Gasteiger partial charge in [-0.05, 0) is 18.8 Å². The summed E-state index contributed by atoms with van der Waals surface area (Å²) in [5, 5.41) is 35.4. The van der Waals surface area contributed by atoms with E-state index in [0.29, 0.717) is 17.9 Å². The fraction of sp³-hybridized carbons (Fsp3) is 0.562. The summed E-state index contributed by atoms with van der Waals surface area (Å²) in [5.41, 5.74) is 6.21. The van der Waals surface area contributed by atoms with Gasteiger partial charge in [-0.1, -0.05) is 13.8 Å². The number of amides is 1. The van der Waals surface area contributed by atoms with Gasteiger partial charge in [0.15, 0.2) is 0 Å². The standard InChI is InChI=1S/C16H24N6O3/c1-8(2)7-21-12-6-10(5-11(17)23)20-22(12)16(25)13(14(21)18)15(24)19-9-3-4-9/h6,8-9,11,18,23,25H,3-5,7,17H2,1-2H3,(H,19,24). The molecule has 1 aliphatic rings. The Bertz CT molecular complexity index is 863. The van der Waals surface area contributed by atoms with Crippen LogP contribution < -0.4 is 16.5 Å². The number of nitrogens with two attached hydrogens (primary N) is 1. The predicted molar refractivity (Wildman–Crippen MR) is 89.9 cm³/mol. The molecule has 2 heterocycles. The van der Waals surface area contributed by atoms with Crippen molar-refractivity contribution in [2.75, 3.05) is 0 Å². The zero-order chi connectivity index (χ0) is 18.3. The maximum Gasteiger partial charge on any atom is 0.260 e. The molecule has 1 amide bonds. The number of rotatable bonds is 6. The molecule has 0 aliphatic heterocycles. The van der Waals surface area contributed by atoms with E-state index in [4.69, 9.17) is 11.1 Å². The summed E-state index contributed by atoms with van der Waals surface area (Å²) in [5.74, 6) is -0.628. The average molecular weight is 348 g/mol. The van der Waals surface area contributed by atoms with Gasteiger partial charge in [0.2, 0.25) is 5.88 Å². The van der Waals surface area contributed by atoms with Crippen molar-refractivity contribution in [1.82, 2.24) is 19.5 Å². The number of aromatic hydroxyl groups is 1. The maximum absolute atomic E-state index is 12.5. The largest absolute Gasteiger partial charge is 0.493 e. The van der Waals surface area contributed by atoms with E-state index in [1.54, 1.807) is 10.6 Å². The third-order valence-electron chi connectivity index (χ3n) is 4.05. The van der Waals surface area contributed by atoms with E-state index in [1.807, 2.05) is 13.8 Å². The lowest BCUT2D eigenvalue weighted by Gasteiger charge is -2.16. The zero-order valence-electron chi connectivity index (χ0n) is 14.4. The Balaban J connectivity index is 2.18. The molecule has 3 rings (SSSR count). The lowest BCUT2D eigenvalue weighted by molar-refractivity contribution is 0.0944. The van der Waals surface area contributed by atoms with E-state index in [-0.39, 0.29) is 35.3 Å². The first-order chi connectivity index (χ1) is 11.8. The Labute approximate surface area is 144 Å². The van der Waals surface area contributed by atoms with Crippen LogP contribution in [0.5, 0.6) is 5.88 Å². The number of aromatic nitrogens is 3. The van der Waals surface area contributed by atoms with Crippen molar-refractivity contribution in [3.8, 4) is 5.88 Å². The number of carbonyl (C=O) groups is 1. The van der Waals surface area contributed by atoms with E-state index in [0.717, 1.165) is 12.8 Å². The van der Waals surface area contributed by atoms with Crippen LogP contribution in [-0.2, 0) is 13.0 Å². The second-order valence-electron chi connectivity index (χ2n) is 6.98. The van der Waals surface area contributed by atoms with Gasteiger partial charge < -0.3 is 25.8 Å². The van der Waals surface area contributed by atoms with E-state index in [9.17, 15) is 15.0 Å². The first-order valence-electron chi connectivity index (χ1n) is 8.41.